The van der Waals surface area contributed by atoms with Crippen LogP contribution in [0.5, 0.6) is 0 Å². The van der Waals surface area contributed by atoms with E-state index in [1.165, 1.54) is 5.56 Å². The zero-order valence-electron chi connectivity index (χ0n) is 12.7. The van der Waals surface area contributed by atoms with Crippen molar-refractivity contribution in [2.24, 2.45) is 0 Å². The van der Waals surface area contributed by atoms with Crippen molar-refractivity contribution in [2.75, 3.05) is 0 Å². The van der Waals surface area contributed by atoms with Gasteiger partial charge in [0, 0.05) is 4.47 Å². The maximum Gasteiger partial charge on any atom is 0.338 e. The van der Waals surface area contributed by atoms with Gasteiger partial charge < -0.3 is 4.74 Å². The van der Waals surface area contributed by atoms with Crippen LogP contribution in [-0.2, 0) is 4.74 Å². The average molecular weight is 347 g/mol. The van der Waals surface area contributed by atoms with Gasteiger partial charge in [-0.25, -0.2) is 4.79 Å². The average Bonchev–Trinajstić information content (AvgIpc) is 2.36. The van der Waals surface area contributed by atoms with Crippen LogP contribution < -0.4 is 0 Å². The van der Waals surface area contributed by atoms with Gasteiger partial charge in [-0.05, 0) is 57.0 Å². The van der Waals surface area contributed by atoms with Gasteiger partial charge >= 0.3 is 5.97 Å². The van der Waals surface area contributed by atoms with Crippen LogP contribution >= 0.6 is 15.9 Å². The van der Waals surface area contributed by atoms with Crippen molar-refractivity contribution in [3.63, 3.8) is 0 Å². The molecule has 2 rings (SSSR count). The molecule has 0 aliphatic carbocycles. The molecule has 0 radical (unpaired) electrons. The molecule has 0 saturated heterocycles. The molecule has 0 aliphatic rings. The number of benzene rings is 2. The molecule has 0 bridgehead atoms. The number of hydrogen-bond donors (Lipinski definition) is 0. The fourth-order valence-corrected chi connectivity index (χ4v) is 2.53. The predicted molar refractivity (Wildman–Crippen MR) is 89.5 cm³/mol. The molecular formula is C18H19BrO2. The van der Waals surface area contributed by atoms with E-state index in [0.29, 0.717) is 5.56 Å². The summed E-state index contributed by atoms with van der Waals surface area (Å²) >= 11 is 3.47. The third-order valence-corrected chi connectivity index (χ3v) is 3.34. The van der Waals surface area contributed by atoms with Crippen LogP contribution in [0.2, 0.25) is 0 Å². The van der Waals surface area contributed by atoms with Crippen molar-refractivity contribution in [3.05, 3.63) is 58.1 Å². The number of carbonyl (C=O) groups is 1. The Morgan fingerprint density at radius 1 is 1.05 bits per heavy atom. The first-order valence-corrected chi connectivity index (χ1v) is 7.65. The highest BCUT2D eigenvalue weighted by Gasteiger charge is 2.18. The molecule has 3 heteroatoms. The number of hydrogen-bond acceptors (Lipinski definition) is 2. The van der Waals surface area contributed by atoms with Gasteiger partial charge in [0.1, 0.15) is 5.60 Å². The first kappa shape index (κ1) is 15.8. The summed E-state index contributed by atoms with van der Waals surface area (Å²) in [7, 11) is 0. The quantitative estimate of drug-likeness (QED) is 0.682. The second-order valence-corrected chi connectivity index (χ2v) is 7.02. The third kappa shape index (κ3) is 4.43. The number of esters is 1. The van der Waals surface area contributed by atoms with E-state index in [1.54, 1.807) is 6.07 Å². The zero-order chi connectivity index (χ0) is 15.6. The number of ether oxygens (including phenoxy) is 1. The fourth-order valence-electron chi connectivity index (χ4n) is 2.04. The lowest BCUT2D eigenvalue weighted by Crippen LogP contribution is -2.23. The number of halogens is 1. The van der Waals surface area contributed by atoms with E-state index in [4.69, 9.17) is 4.74 Å². The Kier molecular flexibility index (Phi) is 4.52. The van der Waals surface area contributed by atoms with Gasteiger partial charge in [-0.15, -0.1) is 0 Å². The van der Waals surface area contributed by atoms with E-state index in [0.717, 1.165) is 15.6 Å². The summed E-state index contributed by atoms with van der Waals surface area (Å²) in [4.78, 5) is 12.2. The smallest absolute Gasteiger partial charge is 0.338 e. The lowest BCUT2D eigenvalue weighted by molar-refractivity contribution is 0.00695. The van der Waals surface area contributed by atoms with Crippen LogP contribution in [0, 0.1) is 6.92 Å². The van der Waals surface area contributed by atoms with Gasteiger partial charge in [-0.2, -0.15) is 0 Å². The van der Waals surface area contributed by atoms with Crippen molar-refractivity contribution in [1.82, 2.24) is 0 Å². The molecule has 0 spiro atoms. The molecule has 0 aromatic heterocycles. The second-order valence-electron chi connectivity index (χ2n) is 6.10. The molecule has 0 unspecified atom stereocenters. The second kappa shape index (κ2) is 6.02. The lowest BCUT2D eigenvalue weighted by atomic mass is 10.0. The van der Waals surface area contributed by atoms with Crippen molar-refractivity contribution in [3.8, 4) is 11.1 Å². The Hall–Kier alpha value is -1.61. The molecule has 2 aromatic carbocycles. The first-order chi connectivity index (χ1) is 9.74. The van der Waals surface area contributed by atoms with E-state index in [1.807, 2.05) is 45.0 Å². The van der Waals surface area contributed by atoms with E-state index < -0.39 is 5.60 Å². The Balaban J connectivity index is 2.40. The molecule has 2 nitrogen and oxygen atoms in total. The molecule has 0 heterocycles. The number of carbonyl (C=O) groups excluding carboxylic acids is 1. The van der Waals surface area contributed by atoms with Crippen molar-refractivity contribution in [1.29, 1.82) is 0 Å². The summed E-state index contributed by atoms with van der Waals surface area (Å²) in [5, 5.41) is 0. The largest absolute Gasteiger partial charge is 0.456 e. The fraction of sp³-hybridized carbons (Fsp3) is 0.278. The Labute approximate surface area is 134 Å². The Bertz CT molecular complexity index is 669. The maximum absolute atomic E-state index is 12.2. The van der Waals surface area contributed by atoms with Crippen molar-refractivity contribution < 1.29 is 9.53 Å². The highest BCUT2D eigenvalue weighted by molar-refractivity contribution is 9.10. The zero-order valence-corrected chi connectivity index (χ0v) is 14.3. The Morgan fingerprint density at radius 2 is 1.76 bits per heavy atom. The summed E-state index contributed by atoms with van der Waals surface area (Å²) < 4.78 is 6.30. The predicted octanol–water partition coefficient (Wildman–Crippen LogP) is 5.38. The van der Waals surface area contributed by atoms with Crippen LogP contribution in [0.1, 0.15) is 36.7 Å². The van der Waals surface area contributed by atoms with Crippen LogP contribution in [0.25, 0.3) is 11.1 Å². The minimum absolute atomic E-state index is 0.308. The normalized spacial score (nSPS) is 11.3. The molecule has 2 aromatic rings. The van der Waals surface area contributed by atoms with Gasteiger partial charge in [-0.1, -0.05) is 45.8 Å². The minimum atomic E-state index is -0.497. The monoisotopic (exact) mass is 346 g/mol. The molecule has 0 amide bonds. The summed E-state index contributed by atoms with van der Waals surface area (Å²) in [6.45, 7) is 7.65. The number of rotatable bonds is 2. The van der Waals surface area contributed by atoms with Crippen molar-refractivity contribution >= 4 is 21.9 Å². The van der Waals surface area contributed by atoms with Crippen molar-refractivity contribution in [2.45, 2.75) is 33.3 Å². The highest BCUT2D eigenvalue weighted by Crippen LogP contribution is 2.27. The lowest BCUT2D eigenvalue weighted by Gasteiger charge is -2.19. The summed E-state index contributed by atoms with van der Waals surface area (Å²) in [6.07, 6.45) is 0. The standard InChI is InChI=1S/C18H19BrO2/c1-12-6-5-7-13(8-12)14-9-15(11-16(19)10-14)17(20)21-18(2,3)4/h5-11H,1-4H3. The molecule has 0 saturated carbocycles. The van der Waals surface area contributed by atoms with E-state index >= 15 is 0 Å². The SMILES string of the molecule is Cc1cccc(-c2cc(Br)cc(C(=O)OC(C)(C)C)c2)c1. The first-order valence-electron chi connectivity index (χ1n) is 6.85. The van der Waals surface area contributed by atoms with Gasteiger partial charge in [-0.3, -0.25) is 0 Å². The molecule has 0 fully saturated rings. The van der Waals surface area contributed by atoms with E-state index in [2.05, 4.69) is 35.0 Å². The summed E-state index contributed by atoms with van der Waals surface area (Å²) in [5.74, 6) is -0.308. The number of aryl methyl sites for hydroxylation is 1. The van der Waals surface area contributed by atoms with Crippen LogP contribution in [0.3, 0.4) is 0 Å². The molecular weight excluding hydrogens is 328 g/mol. The Morgan fingerprint density at radius 3 is 2.38 bits per heavy atom. The van der Waals surface area contributed by atoms with Crippen LogP contribution in [0.4, 0.5) is 0 Å². The molecule has 0 N–H and O–H groups in total. The van der Waals surface area contributed by atoms with Crippen LogP contribution in [0.15, 0.2) is 46.9 Å². The van der Waals surface area contributed by atoms with Gasteiger partial charge in [0.15, 0.2) is 0 Å². The van der Waals surface area contributed by atoms with E-state index in [-0.39, 0.29) is 5.97 Å². The summed E-state index contributed by atoms with van der Waals surface area (Å²) in [6, 6.07) is 13.9. The maximum atomic E-state index is 12.2. The van der Waals surface area contributed by atoms with Gasteiger partial charge in [0.2, 0.25) is 0 Å². The molecule has 0 atom stereocenters. The van der Waals surface area contributed by atoms with Crippen LogP contribution in [-0.4, -0.2) is 11.6 Å². The highest BCUT2D eigenvalue weighted by atomic mass is 79.9. The third-order valence-electron chi connectivity index (χ3n) is 2.88. The summed E-state index contributed by atoms with van der Waals surface area (Å²) in [5.41, 5.74) is 3.32. The minimum Gasteiger partial charge on any atom is -0.456 e. The van der Waals surface area contributed by atoms with E-state index in [9.17, 15) is 4.79 Å². The molecule has 0 aliphatic heterocycles. The topological polar surface area (TPSA) is 26.3 Å². The van der Waals surface area contributed by atoms with Gasteiger partial charge in [0.05, 0.1) is 5.56 Å². The molecule has 110 valence electrons. The van der Waals surface area contributed by atoms with Gasteiger partial charge in [0.25, 0.3) is 0 Å². The molecule has 21 heavy (non-hydrogen) atoms.